The maximum absolute atomic E-state index is 13.1. The Hall–Kier alpha value is -3.13. The summed E-state index contributed by atoms with van der Waals surface area (Å²) in [5.41, 5.74) is 2.83. The molecule has 1 aliphatic rings. The zero-order chi connectivity index (χ0) is 25.3. The Labute approximate surface area is 215 Å². The smallest absolute Gasteiger partial charge is 0.309 e. The fourth-order valence-corrected chi connectivity index (χ4v) is 5.91. The summed E-state index contributed by atoms with van der Waals surface area (Å²) in [6.45, 7) is 8.65. The summed E-state index contributed by atoms with van der Waals surface area (Å²) >= 11 is 0. The van der Waals surface area contributed by atoms with Gasteiger partial charge in [-0.2, -0.15) is 0 Å². The van der Waals surface area contributed by atoms with Crippen molar-refractivity contribution < 1.29 is 9.53 Å². The number of hydrogen-bond donors (Lipinski definition) is 0. The lowest BCUT2D eigenvalue weighted by Gasteiger charge is -2.33. The van der Waals surface area contributed by atoms with Crippen molar-refractivity contribution in [2.75, 3.05) is 0 Å². The van der Waals surface area contributed by atoms with Gasteiger partial charge in [0, 0.05) is 0 Å². The highest BCUT2D eigenvalue weighted by Gasteiger charge is 2.33. The minimum absolute atomic E-state index is 0.0327. The third-order valence-electron chi connectivity index (χ3n) is 8.55. The molecule has 186 valence electrons. The van der Waals surface area contributed by atoms with E-state index in [0.29, 0.717) is 0 Å². The molecule has 0 spiro atoms. The summed E-state index contributed by atoms with van der Waals surface area (Å²) in [5, 5.41) is 4.87. The van der Waals surface area contributed by atoms with Crippen LogP contribution in [0.3, 0.4) is 0 Å². The molecule has 1 fully saturated rings. The Bertz CT molecular complexity index is 1360. The van der Waals surface area contributed by atoms with Crippen molar-refractivity contribution in [1.82, 2.24) is 0 Å². The maximum atomic E-state index is 13.1. The fraction of sp³-hybridized carbons (Fsp3) is 0.382. The van der Waals surface area contributed by atoms with Crippen molar-refractivity contribution in [3.63, 3.8) is 0 Å². The number of fused-ring (bicyclic) bond motifs is 3. The van der Waals surface area contributed by atoms with E-state index in [1.807, 2.05) is 19.9 Å². The highest BCUT2D eigenvalue weighted by atomic mass is 16.6. The van der Waals surface area contributed by atoms with E-state index in [4.69, 9.17) is 4.74 Å². The second kappa shape index (κ2) is 10.1. The topological polar surface area (TPSA) is 26.3 Å². The molecule has 4 aromatic carbocycles. The fourth-order valence-electron chi connectivity index (χ4n) is 5.91. The van der Waals surface area contributed by atoms with E-state index >= 15 is 0 Å². The molecule has 0 bridgehead atoms. The van der Waals surface area contributed by atoms with Crippen LogP contribution < -0.4 is 0 Å². The molecular weight excluding hydrogens is 440 g/mol. The molecular formula is C34H38O2. The Morgan fingerprint density at radius 3 is 2.14 bits per heavy atom. The molecule has 0 aliphatic heterocycles. The van der Waals surface area contributed by atoms with Crippen molar-refractivity contribution in [3.8, 4) is 11.1 Å². The van der Waals surface area contributed by atoms with Gasteiger partial charge in [-0.25, -0.2) is 0 Å². The summed E-state index contributed by atoms with van der Waals surface area (Å²) < 4.78 is 6.15. The van der Waals surface area contributed by atoms with Crippen LogP contribution in [0.1, 0.15) is 65.4 Å². The molecule has 2 heteroatoms. The minimum Gasteiger partial charge on any atom is -0.455 e. The summed E-state index contributed by atoms with van der Waals surface area (Å²) in [4.78, 5) is 13.1. The predicted octanol–water partition coefficient (Wildman–Crippen LogP) is 9.29. The van der Waals surface area contributed by atoms with Gasteiger partial charge in [0.1, 0.15) is 5.60 Å². The Morgan fingerprint density at radius 2 is 1.47 bits per heavy atom. The average molecular weight is 479 g/mol. The van der Waals surface area contributed by atoms with Gasteiger partial charge in [-0.1, -0.05) is 87.0 Å². The maximum Gasteiger partial charge on any atom is 0.309 e. The second-order valence-corrected chi connectivity index (χ2v) is 11.2. The van der Waals surface area contributed by atoms with E-state index in [9.17, 15) is 4.79 Å². The molecule has 1 atom stereocenters. The monoisotopic (exact) mass is 478 g/mol. The van der Waals surface area contributed by atoms with Crippen LogP contribution in [-0.2, 0) is 15.1 Å². The summed E-state index contributed by atoms with van der Waals surface area (Å²) in [5.74, 6) is 1.51. The van der Waals surface area contributed by atoms with Gasteiger partial charge in [-0.15, -0.1) is 0 Å². The number of benzene rings is 4. The first-order valence-electron chi connectivity index (χ1n) is 13.6. The van der Waals surface area contributed by atoms with Crippen molar-refractivity contribution in [2.24, 2.45) is 17.8 Å². The van der Waals surface area contributed by atoms with Crippen LogP contribution in [0.5, 0.6) is 0 Å². The van der Waals surface area contributed by atoms with Gasteiger partial charge in [0.05, 0.1) is 5.92 Å². The molecule has 0 saturated heterocycles. The number of esters is 1. The van der Waals surface area contributed by atoms with E-state index < -0.39 is 5.60 Å². The molecule has 2 nitrogen and oxygen atoms in total. The molecule has 36 heavy (non-hydrogen) atoms. The van der Waals surface area contributed by atoms with Crippen LogP contribution in [0.25, 0.3) is 32.7 Å². The third kappa shape index (κ3) is 4.91. The first kappa shape index (κ1) is 24.6. The van der Waals surface area contributed by atoms with Crippen LogP contribution in [0.15, 0.2) is 78.9 Å². The number of carbonyl (C=O) groups is 1. The van der Waals surface area contributed by atoms with Gasteiger partial charge >= 0.3 is 5.97 Å². The number of hydrogen-bond acceptors (Lipinski definition) is 2. The van der Waals surface area contributed by atoms with Crippen LogP contribution in [0.4, 0.5) is 0 Å². The highest BCUT2D eigenvalue weighted by Crippen LogP contribution is 2.38. The largest absolute Gasteiger partial charge is 0.455 e. The Kier molecular flexibility index (Phi) is 6.88. The van der Waals surface area contributed by atoms with Crippen LogP contribution in [0.2, 0.25) is 0 Å². The van der Waals surface area contributed by atoms with Crippen molar-refractivity contribution >= 4 is 27.5 Å². The van der Waals surface area contributed by atoms with Gasteiger partial charge in [0.2, 0.25) is 0 Å². The lowest BCUT2D eigenvalue weighted by Crippen LogP contribution is -2.32. The molecule has 1 unspecified atom stereocenters. The molecule has 1 aliphatic carbocycles. The van der Waals surface area contributed by atoms with Crippen LogP contribution >= 0.6 is 0 Å². The molecule has 4 aromatic rings. The summed E-state index contributed by atoms with van der Waals surface area (Å²) in [6, 6.07) is 28.1. The van der Waals surface area contributed by atoms with Gasteiger partial charge in [-0.05, 0) is 102 Å². The number of carbonyl (C=O) groups excluding carboxylic acids is 1. The standard InChI is InChI=1S/C34H38O2/c1-5-23(2)24-11-13-26(14-12-24)33(35)36-34(3,4)30-18-20-32-29(22-30)16-15-28-21-27(17-19-31(28)32)25-9-7-6-8-10-25/h6-10,15-24,26H,5,11-14H2,1-4H3. The molecule has 0 N–H and O–H groups in total. The van der Waals surface area contributed by atoms with Crippen molar-refractivity contribution in [2.45, 2.75) is 65.4 Å². The van der Waals surface area contributed by atoms with E-state index in [0.717, 1.165) is 43.1 Å². The van der Waals surface area contributed by atoms with Gasteiger partial charge in [-0.3, -0.25) is 4.79 Å². The average Bonchev–Trinajstić information content (AvgIpc) is 2.92. The van der Waals surface area contributed by atoms with Crippen molar-refractivity contribution in [3.05, 3.63) is 84.4 Å². The number of rotatable bonds is 6. The molecule has 1 saturated carbocycles. The molecule has 0 aromatic heterocycles. The van der Waals surface area contributed by atoms with Gasteiger partial charge in [0.25, 0.3) is 0 Å². The summed E-state index contributed by atoms with van der Waals surface area (Å²) in [7, 11) is 0. The quantitative estimate of drug-likeness (QED) is 0.204. The Balaban J connectivity index is 1.35. The highest BCUT2D eigenvalue weighted by molar-refractivity contribution is 6.08. The first-order valence-corrected chi connectivity index (χ1v) is 13.6. The summed E-state index contributed by atoms with van der Waals surface area (Å²) in [6.07, 6.45) is 5.42. The van der Waals surface area contributed by atoms with E-state index in [1.54, 1.807) is 0 Å². The Morgan fingerprint density at radius 1 is 0.833 bits per heavy atom. The molecule has 0 amide bonds. The van der Waals surface area contributed by atoms with Crippen molar-refractivity contribution in [1.29, 1.82) is 0 Å². The third-order valence-corrected chi connectivity index (χ3v) is 8.55. The molecule has 0 radical (unpaired) electrons. The SMILES string of the molecule is CCC(C)C1CCC(C(=O)OC(C)(C)c2ccc3c(ccc4cc(-c5ccccc5)ccc43)c2)CC1. The molecule has 0 heterocycles. The second-order valence-electron chi connectivity index (χ2n) is 11.2. The zero-order valence-corrected chi connectivity index (χ0v) is 22.1. The van der Waals surface area contributed by atoms with Gasteiger partial charge in [0.15, 0.2) is 0 Å². The van der Waals surface area contributed by atoms with Crippen LogP contribution in [0, 0.1) is 17.8 Å². The van der Waals surface area contributed by atoms with E-state index in [1.165, 1.54) is 39.1 Å². The minimum atomic E-state index is -0.662. The lowest BCUT2D eigenvalue weighted by atomic mass is 9.75. The normalized spacial score (nSPS) is 19.3. The van der Waals surface area contributed by atoms with Gasteiger partial charge < -0.3 is 4.74 Å². The molecule has 5 rings (SSSR count). The first-order chi connectivity index (χ1) is 17.4. The van der Waals surface area contributed by atoms with Crippen LogP contribution in [-0.4, -0.2) is 5.97 Å². The van der Waals surface area contributed by atoms with E-state index in [-0.39, 0.29) is 11.9 Å². The van der Waals surface area contributed by atoms with E-state index in [2.05, 4.69) is 86.6 Å². The lowest BCUT2D eigenvalue weighted by molar-refractivity contribution is -0.164. The zero-order valence-electron chi connectivity index (χ0n) is 22.1. The number of ether oxygens (including phenoxy) is 1. The predicted molar refractivity (Wildman–Crippen MR) is 151 cm³/mol.